The van der Waals surface area contributed by atoms with Crippen molar-refractivity contribution in [2.75, 3.05) is 41.8 Å². The second kappa shape index (κ2) is 11.7. The van der Waals surface area contributed by atoms with Gasteiger partial charge in [0.15, 0.2) is 0 Å². The lowest BCUT2D eigenvalue weighted by Gasteiger charge is -2.41. The van der Waals surface area contributed by atoms with Crippen molar-refractivity contribution in [3.63, 3.8) is 0 Å². The van der Waals surface area contributed by atoms with Gasteiger partial charge in [-0.15, -0.1) is 0 Å². The van der Waals surface area contributed by atoms with E-state index in [2.05, 4.69) is 27.2 Å². The average molecular weight is 549 g/mol. The molecule has 0 bridgehead atoms. The third kappa shape index (κ3) is 5.61. The zero-order valence-electron chi connectivity index (χ0n) is 21.4. The number of β-amino-alcohol motifs (C(OH)–C–C–N with tert-alkyl or cyclic N) is 1. The van der Waals surface area contributed by atoms with Gasteiger partial charge in [0.25, 0.3) is 0 Å². The van der Waals surface area contributed by atoms with Crippen LogP contribution in [0.25, 0.3) is 22.0 Å². The molecule has 1 aromatic heterocycles. The number of piperazine rings is 1. The van der Waals surface area contributed by atoms with Gasteiger partial charge in [-0.1, -0.05) is 18.7 Å². The number of halogens is 3. The molecule has 1 aliphatic heterocycles. The molecule has 0 radical (unpaired) electrons. The first kappa shape index (κ1) is 27.1. The van der Waals surface area contributed by atoms with Gasteiger partial charge in [0.05, 0.1) is 12.1 Å². The normalized spacial score (nSPS) is 17.6. The van der Waals surface area contributed by atoms with Crippen LogP contribution >= 0.6 is 0 Å². The third-order valence-corrected chi connectivity index (χ3v) is 6.65. The first-order valence-electron chi connectivity index (χ1n) is 12.6. The summed E-state index contributed by atoms with van der Waals surface area (Å²) in [6.07, 6.45) is -0.972. The van der Waals surface area contributed by atoms with E-state index >= 15 is 4.39 Å². The van der Waals surface area contributed by atoms with Gasteiger partial charge in [-0.25, -0.2) is 23.1 Å². The Labute approximate surface area is 228 Å². The summed E-state index contributed by atoms with van der Waals surface area (Å²) in [4.78, 5) is 23.2. The molecule has 0 saturated carbocycles. The summed E-state index contributed by atoms with van der Waals surface area (Å²) in [7, 11) is 0. The van der Waals surface area contributed by atoms with Crippen LogP contribution in [0.3, 0.4) is 0 Å². The van der Waals surface area contributed by atoms with Crippen molar-refractivity contribution >= 4 is 39.8 Å². The summed E-state index contributed by atoms with van der Waals surface area (Å²) in [6.45, 7) is 3.84. The van der Waals surface area contributed by atoms with E-state index in [9.17, 15) is 13.6 Å². The maximum absolute atomic E-state index is 15.1. The van der Waals surface area contributed by atoms with Crippen LogP contribution in [0, 0.1) is 5.82 Å². The van der Waals surface area contributed by atoms with Crippen LogP contribution in [0.1, 0.15) is 0 Å². The fourth-order valence-electron chi connectivity index (χ4n) is 4.66. The van der Waals surface area contributed by atoms with Gasteiger partial charge >= 0.3 is 0 Å². The molecule has 11 heteroatoms. The summed E-state index contributed by atoms with van der Waals surface area (Å²) in [5.41, 5.74) is 2.73. The van der Waals surface area contributed by atoms with Crippen LogP contribution in [-0.2, 0) is 4.79 Å². The molecule has 2 heterocycles. The largest absolute Gasteiger partial charge is 0.395 e. The Balaban J connectivity index is 1.39. The number of nitrogens with zero attached hydrogens (tertiary/aromatic N) is 4. The van der Waals surface area contributed by atoms with Crippen molar-refractivity contribution in [3.8, 4) is 11.1 Å². The van der Waals surface area contributed by atoms with Crippen molar-refractivity contribution < 1.29 is 23.1 Å². The predicted molar refractivity (Wildman–Crippen MR) is 149 cm³/mol. The monoisotopic (exact) mass is 548 g/mol. The number of aliphatic hydroxyl groups is 1. The molecule has 5 rings (SSSR count). The van der Waals surface area contributed by atoms with Gasteiger partial charge in [0, 0.05) is 53.8 Å². The van der Waals surface area contributed by atoms with E-state index in [0.29, 0.717) is 33.5 Å². The minimum absolute atomic E-state index is 0.0764. The van der Waals surface area contributed by atoms with E-state index in [1.807, 2.05) is 0 Å². The molecule has 1 saturated heterocycles. The molecule has 1 amide bonds. The molecular formula is C29H27F3N6O2. The standard InChI is InChI=1S/C29H27F3N6O2/c1-2-24(40)34-21-5-3-4-18(16-21)25-23(30)11-6-19-17-33-29(36-26(19)25)35-20-7-9-22(10-8-20)38-13-12-37(14-15-39)27(31)28(38)32/h2-11,16-17,27-28,39H,1,12-15H2,(H,34,40)(H,33,35,36). The van der Waals surface area contributed by atoms with Gasteiger partial charge in [0.1, 0.15) is 5.82 Å². The maximum atomic E-state index is 15.1. The van der Waals surface area contributed by atoms with E-state index in [1.54, 1.807) is 60.8 Å². The SMILES string of the molecule is C=CC(=O)Nc1cccc(-c2c(F)ccc3cnc(Nc4ccc(N5CCN(CCO)C(F)C5F)cc4)nc23)c1. The number of fused-ring (bicyclic) bond motifs is 1. The van der Waals surface area contributed by atoms with Crippen molar-refractivity contribution in [3.05, 3.63) is 85.3 Å². The minimum Gasteiger partial charge on any atom is -0.395 e. The molecule has 0 aliphatic carbocycles. The predicted octanol–water partition coefficient (Wildman–Crippen LogP) is 5.01. The summed E-state index contributed by atoms with van der Waals surface area (Å²) in [5.74, 6) is -0.654. The Morgan fingerprint density at radius 2 is 1.88 bits per heavy atom. The lowest BCUT2D eigenvalue weighted by molar-refractivity contribution is -0.111. The molecule has 3 N–H and O–H groups in total. The molecule has 206 valence electrons. The molecule has 1 aliphatic rings. The number of alkyl halides is 2. The van der Waals surface area contributed by atoms with Gasteiger partial charge in [0.2, 0.25) is 24.4 Å². The number of anilines is 4. The topological polar surface area (TPSA) is 93.6 Å². The molecule has 40 heavy (non-hydrogen) atoms. The first-order valence-corrected chi connectivity index (χ1v) is 12.6. The van der Waals surface area contributed by atoms with Gasteiger partial charge < -0.3 is 20.6 Å². The first-order chi connectivity index (χ1) is 19.4. The van der Waals surface area contributed by atoms with Crippen molar-refractivity contribution in [2.45, 2.75) is 12.6 Å². The number of amides is 1. The second-order valence-electron chi connectivity index (χ2n) is 9.20. The van der Waals surface area contributed by atoms with Gasteiger partial charge in [-0.3, -0.25) is 9.69 Å². The van der Waals surface area contributed by atoms with Crippen LogP contribution in [0.2, 0.25) is 0 Å². The number of nitrogens with one attached hydrogen (secondary N) is 2. The summed E-state index contributed by atoms with van der Waals surface area (Å²) in [5, 5.41) is 15.4. The maximum Gasteiger partial charge on any atom is 0.247 e. The number of carbonyl (C=O) groups excluding carboxylic acids is 1. The van der Waals surface area contributed by atoms with E-state index in [1.165, 1.54) is 15.9 Å². The van der Waals surface area contributed by atoms with Crippen molar-refractivity contribution in [1.82, 2.24) is 14.9 Å². The van der Waals surface area contributed by atoms with E-state index in [-0.39, 0.29) is 43.7 Å². The van der Waals surface area contributed by atoms with Crippen LogP contribution in [-0.4, -0.2) is 64.7 Å². The number of aliphatic hydroxyl groups excluding tert-OH is 1. The highest BCUT2D eigenvalue weighted by Gasteiger charge is 2.36. The molecule has 0 spiro atoms. The van der Waals surface area contributed by atoms with E-state index < -0.39 is 18.4 Å². The molecule has 8 nitrogen and oxygen atoms in total. The Morgan fingerprint density at radius 3 is 2.62 bits per heavy atom. The Bertz CT molecular complexity index is 1530. The molecule has 4 aromatic rings. The number of rotatable bonds is 8. The highest BCUT2D eigenvalue weighted by molar-refractivity contribution is 6.00. The lowest BCUT2D eigenvalue weighted by atomic mass is 10.0. The average Bonchev–Trinajstić information content (AvgIpc) is 2.96. The molecule has 3 aromatic carbocycles. The van der Waals surface area contributed by atoms with Crippen LogP contribution in [0.4, 0.5) is 36.2 Å². The van der Waals surface area contributed by atoms with Gasteiger partial charge in [-0.2, -0.15) is 0 Å². The quantitative estimate of drug-likeness (QED) is 0.211. The number of carbonyl (C=O) groups is 1. The summed E-state index contributed by atoms with van der Waals surface area (Å²) < 4.78 is 44.3. The molecular weight excluding hydrogens is 521 g/mol. The Kier molecular flexibility index (Phi) is 7.94. The highest BCUT2D eigenvalue weighted by Crippen LogP contribution is 2.33. The lowest BCUT2D eigenvalue weighted by Crippen LogP contribution is -2.56. The Morgan fingerprint density at radius 1 is 1.07 bits per heavy atom. The Hall–Kier alpha value is -4.48. The minimum atomic E-state index is -1.86. The third-order valence-electron chi connectivity index (χ3n) is 6.65. The molecule has 2 unspecified atom stereocenters. The summed E-state index contributed by atoms with van der Waals surface area (Å²) >= 11 is 0. The van der Waals surface area contributed by atoms with Crippen LogP contribution in [0.5, 0.6) is 0 Å². The second-order valence-corrected chi connectivity index (χ2v) is 9.20. The van der Waals surface area contributed by atoms with Crippen molar-refractivity contribution in [1.29, 1.82) is 0 Å². The van der Waals surface area contributed by atoms with E-state index in [4.69, 9.17) is 5.11 Å². The smallest absolute Gasteiger partial charge is 0.247 e. The zero-order chi connectivity index (χ0) is 28.2. The number of hydrogen-bond donors (Lipinski definition) is 3. The van der Waals surface area contributed by atoms with Crippen LogP contribution < -0.4 is 15.5 Å². The van der Waals surface area contributed by atoms with Crippen molar-refractivity contribution in [2.24, 2.45) is 0 Å². The number of aromatic nitrogens is 2. The van der Waals surface area contributed by atoms with E-state index in [0.717, 1.165) is 6.08 Å². The number of benzene rings is 3. The fourth-order valence-corrected chi connectivity index (χ4v) is 4.66. The van der Waals surface area contributed by atoms with Crippen LogP contribution in [0.15, 0.2) is 79.5 Å². The molecule has 2 atom stereocenters. The highest BCUT2D eigenvalue weighted by atomic mass is 19.2. The zero-order valence-corrected chi connectivity index (χ0v) is 21.4. The number of hydrogen-bond acceptors (Lipinski definition) is 7. The summed E-state index contributed by atoms with van der Waals surface area (Å²) in [6, 6.07) is 16.4. The fraction of sp³-hybridized carbons (Fsp3) is 0.207. The molecule has 1 fully saturated rings. The van der Waals surface area contributed by atoms with Gasteiger partial charge in [-0.05, 0) is 60.2 Å².